The molecule has 0 radical (unpaired) electrons. The van der Waals surface area contributed by atoms with Crippen LogP contribution in [0.15, 0.2) is 4.99 Å². The van der Waals surface area contributed by atoms with E-state index in [1.807, 2.05) is 0 Å². The summed E-state index contributed by atoms with van der Waals surface area (Å²) in [5.74, 6) is 3.53. The third-order valence-electron chi connectivity index (χ3n) is 10.7. The van der Waals surface area contributed by atoms with Gasteiger partial charge in [0.15, 0.2) is 11.9 Å². The maximum absolute atomic E-state index is 8.97. The lowest BCUT2D eigenvalue weighted by atomic mass is 9.86. The average molecular weight is 597 g/mol. The van der Waals surface area contributed by atoms with Crippen LogP contribution in [0, 0.1) is 22.7 Å². The lowest BCUT2D eigenvalue weighted by molar-refractivity contribution is 0.294. The van der Waals surface area contributed by atoms with Gasteiger partial charge in [-0.25, -0.2) is 0 Å². The molecule has 7 heteroatoms. The molecule has 4 aliphatic rings. The molecule has 2 atom stereocenters. The summed E-state index contributed by atoms with van der Waals surface area (Å²) in [6.45, 7) is 7.38. The predicted octanol–water partition coefficient (Wildman–Crippen LogP) is 7.39. The fourth-order valence-electron chi connectivity index (χ4n) is 7.98. The van der Waals surface area contributed by atoms with Crippen molar-refractivity contribution in [2.24, 2.45) is 22.6 Å². The fraction of sp³-hybridized carbons (Fsp3) is 0.914. The van der Waals surface area contributed by atoms with Crippen LogP contribution in [0.1, 0.15) is 148 Å². The Morgan fingerprint density at radius 2 is 1.40 bits per heavy atom. The highest BCUT2D eigenvalue weighted by Gasteiger charge is 2.33. The lowest BCUT2D eigenvalue weighted by Crippen LogP contribution is -2.42. The van der Waals surface area contributed by atoms with Crippen LogP contribution in [0.5, 0.6) is 0 Å². The summed E-state index contributed by atoms with van der Waals surface area (Å²) >= 11 is 0. The van der Waals surface area contributed by atoms with Crippen molar-refractivity contribution in [3.05, 3.63) is 0 Å². The fourth-order valence-corrected chi connectivity index (χ4v) is 9.13. The molecule has 0 amide bonds. The first kappa shape index (κ1) is 33.4. The van der Waals surface area contributed by atoms with E-state index >= 15 is 0 Å². The van der Waals surface area contributed by atoms with Crippen molar-refractivity contribution in [1.82, 2.24) is 14.7 Å². The van der Waals surface area contributed by atoms with E-state index in [9.17, 15) is 0 Å². The monoisotopic (exact) mass is 596 g/mol. The van der Waals surface area contributed by atoms with Crippen LogP contribution < -0.4 is 5.73 Å². The van der Waals surface area contributed by atoms with Crippen LogP contribution in [-0.2, 0) is 0 Å². The number of hydrogen-bond acceptors (Lipinski definition) is 4. The Kier molecular flexibility index (Phi) is 15.2. The van der Waals surface area contributed by atoms with Crippen molar-refractivity contribution in [2.75, 3.05) is 32.7 Å². The molecule has 238 valence electrons. The molecule has 3 fully saturated rings. The van der Waals surface area contributed by atoms with Crippen molar-refractivity contribution in [2.45, 2.75) is 160 Å². The van der Waals surface area contributed by atoms with Crippen LogP contribution in [0.3, 0.4) is 0 Å². The number of guanidine groups is 2. The summed E-state index contributed by atoms with van der Waals surface area (Å²) in [5.41, 5.74) is 10.5. The Bertz CT molecular complexity index is 868. The minimum Gasteiger partial charge on any atom is -0.370 e. The predicted molar refractivity (Wildman–Crippen MR) is 181 cm³/mol. The second-order valence-corrected chi connectivity index (χ2v) is 15.3. The third-order valence-corrected chi connectivity index (χ3v) is 11.9. The van der Waals surface area contributed by atoms with E-state index in [1.165, 1.54) is 128 Å². The SMILES string of the molecule is CCCC[C@H]1CN(CCCCC#[Si]C2CN=C(N)N2CCCCC2CCCCC2)C(=N)N1CCCCC1CCCCC1. The molecule has 3 N–H and O–H groups in total. The molecule has 2 heterocycles. The van der Waals surface area contributed by atoms with Gasteiger partial charge < -0.3 is 20.4 Å². The molecular weight excluding hydrogens is 533 g/mol. The van der Waals surface area contributed by atoms with Gasteiger partial charge in [-0.05, 0) is 43.9 Å². The number of rotatable bonds is 17. The highest BCUT2D eigenvalue weighted by atomic mass is 28.2. The molecule has 0 aromatic heterocycles. The molecule has 0 bridgehead atoms. The molecule has 0 aromatic rings. The summed E-state index contributed by atoms with van der Waals surface area (Å²) in [5, 5.41) is 8.97. The molecule has 2 aliphatic carbocycles. The van der Waals surface area contributed by atoms with E-state index in [0.29, 0.717) is 20.7 Å². The first-order valence-corrected chi connectivity index (χ1v) is 19.4. The van der Waals surface area contributed by atoms with Crippen molar-refractivity contribution in [3.63, 3.8) is 0 Å². The number of hydrogen-bond donors (Lipinski definition) is 2. The van der Waals surface area contributed by atoms with Gasteiger partial charge in [0.1, 0.15) is 0 Å². The Morgan fingerprint density at radius 1 is 0.786 bits per heavy atom. The van der Waals surface area contributed by atoms with E-state index in [2.05, 4.69) is 32.1 Å². The van der Waals surface area contributed by atoms with Crippen molar-refractivity contribution in [3.8, 4) is 5.50 Å². The van der Waals surface area contributed by atoms with Gasteiger partial charge in [-0.1, -0.05) is 110 Å². The molecule has 1 unspecified atom stereocenters. The zero-order valence-electron chi connectivity index (χ0n) is 27.3. The molecule has 2 saturated carbocycles. The Morgan fingerprint density at radius 3 is 2.05 bits per heavy atom. The van der Waals surface area contributed by atoms with Crippen LogP contribution in [0.4, 0.5) is 0 Å². The molecule has 4 rings (SSSR count). The van der Waals surface area contributed by atoms with E-state index in [4.69, 9.17) is 11.1 Å². The highest BCUT2D eigenvalue weighted by Crippen LogP contribution is 2.29. The smallest absolute Gasteiger partial charge is 0.194 e. The Labute approximate surface area is 261 Å². The zero-order valence-corrected chi connectivity index (χ0v) is 28.3. The molecule has 6 nitrogen and oxygen atoms in total. The standard InChI is InChI=1S/C35H64N6Si/c1-2-3-23-32-29-39(35(37)40(32)25-14-11-21-30-17-7-4-8-18-30)24-13-6-16-27-42-33-28-38-34(36)41(33)26-15-12-22-31-19-9-5-10-20-31/h30-33,37H,2-26,28-29H2,1H3,(H2,36,38)/t32-,33?/m0/s1. The molecule has 0 spiro atoms. The van der Waals surface area contributed by atoms with Crippen LogP contribution in [0.2, 0.25) is 0 Å². The Balaban J connectivity index is 1.11. The van der Waals surface area contributed by atoms with Gasteiger partial charge in [0.25, 0.3) is 0 Å². The summed E-state index contributed by atoms with van der Waals surface area (Å²) in [4.78, 5) is 11.8. The zero-order chi connectivity index (χ0) is 29.4. The van der Waals surface area contributed by atoms with Gasteiger partial charge in [0, 0.05) is 47.6 Å². The van der Waals surface area contributed by atoms with Crippen molar-refractivity contribution < 1.29 is 0 Å². The maximum Gasteiger partial charge on any atom is 0.194 e. The quantitative estimate of drug-likeness (QED) is 0.136. The molecule has 0 aromatic carbocycles. The highest BCUT2D eigenvalue weighted by molar-refractivity contribution is 6.27. The second kappa shape index (κ2) is 19.0. The number of unbranched alkanes of at least 4 members (excludes halogenated alkanes) is 5. The first-order chi connectivity index (χ1) is 20.7. The van der Waals surface area contributed by atoms with Crippen LogP contribution in [0.25, 0.3) is 0 Å². The Hall–Kier alpha value is -1.46. The van der Waals surface area contributed by atoms with Crippen LogP contribution >= 0.6 is 0 Å². The number of nitrogens with one attached hydrogen (secondary N) is 1. The minimum absolute atomic E-state index is 0.442. The van der Waals surface area contributed by atoms with E-state index in [-0.39, 0.29) is 0 Å². The van der Waals surface area contributed by atoms with Gasteiger partial charge in [0.05, 0.1) is 12.2 Å². The summed E-state index contributed by atoms with van der Waals surface area (Å²) < 4.78 is 0. The van der Waals surface area contributed by atoms with E-state index in [0.717, 1.165) is 69.3 Å². The van der Waals surface area contributed by atoms with Gasteiger partial charge in [-0.2, -0.15) is 0 Å². The van der Waals surface area contributed by atoms with E-state index in [1.54, 1.807) is 0 Å². The second-order valence-electron chi connectivity index (χ2n) is 13.9. The molecule has 2 aliphatic heterocycles. The topological polar surface area (TPSA) is 72.0 Å². The first-order valence-electron chi connectivity index (χ1n) is 18.3. The normalized spacial score (nSPS) is 23.9. The van der Waals surface area contributed by atoms with Gasteiger partial charge >= 0.3 is 0 Å². The van der Waals surface area contributed by atoms with Gasteiger partial charge in [-0.3, -0.25) is 10.4 Å². The largest absolute Gasteiger partial charge is 0.370 e. The number of aliphatic imine (C=N–C) groups is 1. The van der Waals surface area contributed by atoms with Gasteiger partial charge in [0.2, 0.25) is 0 Å². The molecule has 1 saturated heterocycles. The number of nitrogens with zero attached hydrogens (tertiary/aromatic N) is 4. The summed E-state index contributed by atoms with van der Waals surface area (Å²) in [6, 6.07) is 0.549. The van der Waals surface area contributed by atoms with Crippen molar-refractivity contribution in [1.29, 1.82) is 5.41 Å². The number of nitrogens with two attached hydrogens (primary N) is 1. The van der Waals surface area contributed by atoms with Crippen LogP contribution in [-0.4, -0.2) is 80.0 Å². The lowest BCUT2D eigenvalue weighted by Gasteiger charge is -2.26. The summed E-state index contributed by atoms with van der Waals surface area (Å²) in [6.07, 6.45) is 29.7. The third kappa shape index (κ3) is 10.9. The molecule has 42 heavy (non-hydrogen) atoms. The average Bonchev–Trinajstić information content (AvgIpc) is 3.52. The minimum atomic E-state index is 0.442. The van der Waals surface area contributed by atoms with E-state index < -0.39 is 0 Å². The molecular formula is C35H64N6Si. The maximum atomic E-state index is 8.97. The van der Waals surface area contributed by atoms with Gasteiger partial charge in [-0.15, -0.1) is 5.50 Å². The summed E-state index contributed by atoms with van der Waals surface area (Å²) in [7, 11) is 0.692. The van der Waals surface area contributed by atoms with Crippen molar-refractivity contribution >= 4 is 20.9 Å².